The van der Waals surface area contributed by atoms with Crippen molar-refractivity contribution in [3.8, 4) is 11.5 Å². The van der Waals surface area contributed by atoms with Crippen LogP contribution in [0, 0.1) is 6.92 Å². The molecule has 0 aromatic heterocycles. The van der Waals surface area contributed by atoms with Crippen molar-refractivity contribution in [3.05, 3.63) is 47.5 Å². The first kappa shape index (κ1) is 11.1. The van der Waals surface area contributed by atoms with E-state index in [4.69, 9.17) is 4.74 Å². The second-order valence-corrected chi connectivity index (χ2v) is 5.14. The van der Waals surface area contributed by atoms with Crippen molar-refractivity contribution in [2.45, 2.75) is 26.7 Å². The molecule has 0 radical (unpaired) electrons. The minimum Gasteiger partial charge on any atom is -0.453 e. The van der Waals surface area contributed by atoms with Gasteiger partial charge in [0.05, 0.1) is 11.4 Å². The number of rotatable bonds is 1. The molecule has 1 aliphatic rings. The molecule has 0 spiro atoms. The summed E-state index contributed by atoms with van der Waals surface area (Å²) in [5.41, 5.74) is 4.58. The molecule has 0 atom stereocenters. The molecule has 2 heteroatoms. The molecule has 0 amide bonds. The fourth-order valence-electron chi connectivity index (χ4n) is 2.17. The molecule has 1 heterocycles. The number of hydrogen-bond acceptors (Lipinski definition) is 2. The Morgan fingerprint density at radius 1 is 0.944 bits per heavy atom. The summed E-state index contributed by atoms with van der Waals surface area (Å²) in [6.45, 7) is 6.45. The lowest BCUT2D eigenvalue weighted by atomic mass is 10.0. The van der Waals surface area contributed by atoms with E-state index in [0.717, 1.165) is 22.9 Å². The monoisotopic (exact) mass is 239 g/mol. The van der Waals surface area contributed by atoms with Gasteiger partial charge in [-0.3, -0.25) is 0 Å². The van der Waals surface area contributed by atoms with E-state index in [2.05, 4.69) is 62.5 Å². The maximum atomic E-state index is 5.99. The van der Waals surface area contributed by atoms with Gasteiger partial charge in [0.2, 0.25) is 0 Å². The van der Waals surface area contributed by atoms with E-state index in [9.17, 15) is 0 Å². The largest absolute Gasteiger partial charge is 0.453 e. The molecular formula is C16H17NO. The smallest absolute Gasteiger partial charge is 0.151 e. The molecule has 18 heavy (non-hydrogen) atoms. The van der Waals surface area contributed by atoms with Crippen LogP contribution in [0.5, 0.6) is 11.5 Å². The number of nitrogens with one attached hydrogen (secondary N) is 1. The zero-order valence-corrected chi connectivity index (χ0v) is 10.9. The molecule has 0 aliphatic carbocycles. The molecule has 0 saturated carbocycles. The van der Waals surface area contributed by atoms with Gasteiger partial charge in [0.15, 0.2) is 11.5 Å². The lowest BCUT2D eigenvalue weighted by Gasteiger charge is -2.23. The predicted molar refractivity (Wildman–Crippen MR) is 75.1 cm³/mol. The molecule has 1 N–H and O–H groups in total. The number of aryl methyl sites for hydroxylation is 1. The summed E-state index contributed by atoms with van der Waals surface area (Å²) < 4.78 is 5.99. The van der Waals surface area contributed by atoms with Gasteiger partial charge in [-0.2, -0.15) is 0 Å². The number of ether oxygens (including phenoxy) is 1. The Hall–Kier alpha value is -1.96. The van der Waals surface area contributed by atoms with E-state index < -0.39 is 0 Å². The maximum Gasteiger partial charge on any atom is 0.151 e. The summed E-state index contributed by atoms with van der Waals surface area (Å²) in [4.78, 5) is 0. The molecular weight excluding hydrogens is 222 g/mol. The summed E-state index contributed by atoms with van der Waals surface area (Å²) in [5, 5.41) is 3.41. The molecule has 0 fully saturated rings. The SMILES string of the molecule is Cc1ccc2c(c1)Oc1cc(C(C)C)ccc1N2. The van der Waals surface area contributed by atoms with E-state index >= 15 is 0 Å². The zero-order chi connectivity index (χ0) is 12.7. The molecule has 92 valence electrons. The van der Waals surface area contributed by atoms with Crippen LogP contribution in [0.2, 0.25) is 0 Å². The number of benzene rings is 2. The summed E-state index contributed by atoms with van der Waals surface area (Å²) in [7, 11) is 0. The second-order valence-electron chi connectivity index (χ2n) is 5.14. The van der Waals surface area contributed by atoms with Crippen LogP contribution in [-0.4, -0.2) is 0 Å². The Bertz CT molecular complexity index is 602. The molecule has 0 bridgehead atoms. The highest BCUT2D eigenvalue weighted by Crippen LogP contribution is 2.43. The molecule has 2 nitrogen and oxygen atoms in total. The second kappa shape index (κ2) is 4.05. The van der Waals surface area contributed by atoms with Gasteiger partial charge in [0, 0.05) is 0 Å². The Balaban J connectivity index is 2.03. The first-order chi connectivity index (χ1) is 8.63. The molecule has 0 saturated heterocycles. The molecule has 1 aliphatic heterocycles. The van der Waals surface area contributed by atoms with Gasteiger partial charge in [0.25, 0.3) is 0 Å². The van der Waals surface area contributed by atoms with Crippen molar-refractivity contribution >= 4 is 11.4 Å². The minimum absolute atomic E-state index is 0.512. The third-order valence-corrected chi connectivity index (χ3v) is 3.30. The van der Waals surface area contributed by atoms with Crippen LogP contribution in [0.1, 0.15) is 30.9 Å². The van der Waals surface area contributed by atoms with Crippen LogP contribution in [0.25, 0.3) is 0 Å². The van der Waals surface area contributed by atoms with Crippen LogP contribution >= 0.6 is 0 Å². The van der Waals surface area contributed by atoms with Crippen molar-refractivity contribution in [2.75, 3.05) is 5.32 Å². The van der Waals surface area contributed by atoms with E-state index in [0.29, 0.717) is 5.92 Å². The zero-order valence-electron chi connectivity index (χ0n) is 10.9. The van der Waals surface area contributed by atoms with Gasteiger partial charge in [-0.15, -0.1) is 0 Å². The van der Waals surface area contributed by atoms with Crippen molar-refractivity contribution in [2.24, 2.45) is 0 Å². The van der Waals surface area contributed by atoms with E-state index in [1.807, 2.05) is 0 Å². The quantitative estimate of drug-likeness (QED) is 0.647. The Labute approximate surface area is 108 Å². The normalized spacial score (nSPS) is 12.4. The molecule has 3 rings (SSSR count). The van der Waals surface area contributed by atoms with Crippen molar-refractivity contribution in [3.63, 3.8) is 0 Å². The molecule has 2 aromatic carbocycles. The van der Waals surface area contributed by atoms with E-state index in [1.165, 1.54) is 11.1 Å². The molecule has 2 aromatic rings. The molecule has 0 unspecified atom stereocenters. The summed E-state index contributed by atoms with van der Waals surface area (Å²) >= 11 is 0. The van der Waals surface area contributed by atoms with Crippen LogP contribution in [0.15, 0.2) is 36.4 Å². The van der Waals surface area contributed by atoms with Crippen molar-refractivity contribution in [1.29, 1.82) is 0 Å². The fraction of sp³-hybridized carbons (Fsp3) is 0.250. The van der Waals surface area contributed by atoms with Crippen molar-refractivity contribution < 1.29 is 4.74 Å². The first-order valence-corrected chi connectivity index (χ1v) is 6.33. The van der Waals surface area contributed by atoms with Crippen molar-refractivity contribution in [1.82, 2.24) is 0 Å². The van der Waals surface area contributed by atoms with Gasteiger partial charge in [-0.25, -0.2) is 0 Å². The summed E-state index contributed by atoms with van der Waals surface area (Å²) in [6.07, 6.45) is 0. The van der Waals surface area contributed by atoms with Gasteiger partial charge >= 0.3 is 0 Å². The van der Waals surface area contributed by atoms with E-state index in [-0.39, 0.29) is 0 Å². The number of anilines is 2. The fourth-order valence-corrected chi connectivity index (χ4v) is 2.17. The van der Waals surface area contributed by atoms with Crippen LogP contribution in [0.4, 0.5) is 11.4 Å². The number of hydrogen-bond donors (Lipinski definition) is 1. The first-order valence-electron chi connectivity index (χ1n) is 6.33. The highest BCUT2D eigenvalue weighted by atomic mass is 16.5. The van der Waals surface area contributed by atoms with Gasteiger partial charge in [0.1, 0.15) is 0 Å². The Kier molecular flexibility index (Phi) is 2.51. The topological polar surface area (TPSA) is 21.3 Å². The highest BCUT2D eigenvalue weighted by molar-refractivity contribution is 5.76. The predicted octanol–water partition coefficient (Wildman–Crippen LogP) is 4.97. The Morgan fingerprint density at radius 2 is 1.61 bits per heavy atom. The third-order valence-electron chi connectivity index (χ3n) is 3.30. The van der Waals surface area contributed by atoms with Gasteiger partial charge in [-0.1, -0.05) is 26.0 Å². The minimum atomic E-state index is 0.512. The van der Waals surface area contributed by atoms with Crippen LogP contribution in [-0.2, 0) is 0 Å². The highest BCUT2D eigenvalue weighted by Gasteiger charge is 2.17. The standard InChI is InChI=1S/C16H17NO/c1-10(2)12-5-7-14-16(9-12)18-15-8-11(3)4-6-13(15)17-14/h4-10,17H,1-3H3. The van der Waals surface area contributed by atoms with E-state index in [1.54, 1.807) is 0 Å². The summed E-state index contributed by atoms with van der Waals surface area (Å²) in [5.74, 6) is 2.33. The summed E-state index contributed by atoms with van der Waals surface area (Å²) in [6, 6.07) is 12.6. The lowest BCUT2D eigenvalue weighted by Crippen LogP contribution is -2.03. The number of fused-ring (bicyclic) bond motifs is 2. The average molecular weight is 239 g/mol. The lowest BCUT2D eigenvalue weighted by molar-refractivity contribution is 0.479. The van der Waals surface area contributed by atoms with Crippen LogP contribution < -0.4 is 10.1 Å². The average Bonchev–Trinajstić information content (AvgIpc) is 2.35. The van der Waals surface area contributed by atoms with Gasteiger partial charge < -0.3 is 10.1 Å². The third kappa shape index (κ3) is 1.84. The van der Waals surface area contributed by atoms with Gasteiger partial charge in [-0.05, 0) is 48.2 Å². The van der Waals surface area contributed by atoms with Crippen LogP contribution in [0.3, 0.4) is 0 Å². The maximum absolute atomic E-state index is 5.99. The Morgan fingerprint density at radius 3 is 2.33 bits per heavy atom.